The first-order valence-corrected chi connectivity index (χ1v) is 8.56. The van der Waals surface area contributed by atoms with Gasteiger partial charge in [-0.3, -0.25) is 4.90 Å². The molecule has 118 valence electrons. The molecular formula is C17H29N3O. The maximum atomic E-state index is 5.77. The lowest BCUT2D eigenvalue weighted by atomic mass is 10.1. The molecule has 4 heteroatoms. The van der Waals surface area contributed by atoms with E-state index in [2.05, 4.69) is 28.1 Å². The van der Waals surface area contributed by atoms with E-state index in [1.54, 1.807) is 0 Å². The lowest BCUT2D eigenvalue weighted by Crippen LogP contribution is -2.52. The van der Waals surface area contributed by atoms with Crippen molar-refractivity contribution in [1.82, 2.24) is 15.1 Å². The van der Waals surface area contributed by atoms with Crippen molar-refractivity contribution in [3.8, 4) is 0 Å². The third-order valence-electron chi connectivity index (χ3n) is 4.84. The molecule has 2 aliphatic heterocycles. The lowest BCUT2D eigenvalue weighted by molar-refractivity contribution is 0.0964. The van der Waals surface area contributed by atoms with Crippen molar-refractivity contribution in [3.63, 3.8) is 0 Å². The average Bonchev–Trinajstić information content (AvgIpc) is 2.89. The van der Waals surface area contributed by atoms with E-state index in [-0.39, 0.29) is 0 Å². The lowest BCUT2D eigenvalue weighted by Gasteiger charge is -2.39. The second kappa shape index (κ2) is 7.43. The molecule has 21 heavy (non-hydrogen) atoms. The molecule has 2 saturated heterocycles. The van der Waals surface area contributed by atoms with Gasteiger partial charge in [-0.15, -0.1) is 0 Å². The minimum atomic E-state index is 0.405. The monoisotopic (exact) mass is 291 g/mol. The van der Waals surface area contributed by atoms with Gasteiger partial charge < -0.3 is 14.6 Å². The molecule has 0 aromatic carbocycles. The molecule has 3 rings (SSSR count). The number of nitrogens with zero attached hydrogens (tertiary/aromatic N) is 2. The summed E-state index contributed by atoms with van der Waals surface area (Å²) in [5.74, 6) is 1.13. The Kier molecular flexibility index (Phi) is 5.33. The third-order valence-corrected chi connectivity index (χ3v) is 4.84. The maximum absolute atomic E-state index is 5.77. The second-order valence-corrected chi connectivity index (χ2v) is 6.60. The van der Waals surface area contributed by atoms with Crippen molar-refractivity contribution in [2.75, 3.05) is 39.3 Å². The Morgan fingerprint density at radius 3 is 2.71 bits per heavy atom. The molecule has 3 heterocycles. The van der Waals surface area contributed by atoms with Gasteiger partial charge in [0.05, 0.1) is 12.3 Å². The van der Waals surface area contributed by atoms with Crippen molar-refractivity contribution in [3.05, 3.63) is 24.2 Å². The zero-order valence-corrected chi connectivity index (χ0v) is 13.3. The maximum Gasteiger partial charge on any atom is 0.122 e. The van der Waals surface area contributed by atoms with Crippen LogP contribution in [-0.4, -0.2) is 55.1 Å². The molecule has 1 aromatic heterocycles. The predicted molar refractivity (Wildman–Crippen MR) is 85.4 cm³/mol. The molecule has 1 N–H and O–H groups in total. The first-order valence-electron chi connectivity index (χ1n) is 8.56. The van der Waals surface area contributed by atoms with Gasteiger partial charge in [-0.05, 0) is 45.0 Å². The van der Waals surface area contributed by atoms with Crippen LogP contribution in [0.25, 0.3) is 0 Å². The van der Waals surface area contributed by atoms with Crippen LogP contribution in [0.2, 0.25) is 0 Å². The Bertz CT molecular complexity index is 398. The highest BCUT2D eigenvalue weighted by Gasteiger charge is 2.28. The smallest absolute Gasteiger partial charge is 0.122 e. The summed E-state index contributed by atoms with van der Waals surface area (Å²) in [4.78, 5) is 5.25. The van der Waals surface area contributed by atoms with E-state index in [0.717, 1.165) is 31.9 Å². The number of nitrogens with one attached hydrogen (secondary N) is 1. The second-order valence-electron chi connectivity index (χ2n) is 6.60. The van der Waals surface area contributed by atoms with Gasteiger partial charge in [0.15, 0.2) is 0 Å². The number of rotatable bonds is 4. The Morgan fingerprint density at radius 1 is 1.24 bits per heavy atom. The quantitative estimate of drug-likeness (QED) is 0.923. The predicted octanol–water partition coefficient (Wildman–Crippen LogP) is 2.49. The summed E-state index contributed by atoms with van der Waals surface area (Å²) < 4.78 is 5.77. The van der Waals surface area contributed by atoms with Crippen LogP contribution in [0.4, 0.5) is 0 Å². The molecule has 2 atom stereocenters. The Hall–Kier alpha value is -0.840. The summed E-state index contributed by atoms with van der Waals surface area (Å²) >= 11 is 0. The number of hydrogen-bond donors (Lipinski definition) is 1. The van der Waals surface area contributed by atoms with Crippen molar-refractivity contribution in [2.24, 2.45) is 0 Å². The van der Waals surface area contributed by atoms with Gasteiger partial charge in [-0.25, -0.2) is 0 Å². The zero-order chi connectivity index (χ0) is 14.5. The highest BCUT2D eigenvalue weighted by atomic mass is 16.3. The first-order chi connectivity index (χ1) is 10.3. The number of piperazine rings is 1. The van der Waals surface area contributed by atoms with Gasteiger partial charge in [-0.1, -0.05) is 12.8 Å². The molecule has 0 saturated carbocycles. The fraction of sp³-hybridized carbons (Fsp3) is 0.765. The van der Waals surface area contributed by atoms with E-state index in [9.17, 15) is 0 Å². The third kappa shape index (κ3) is 4.09. The molecule has 1 aromatic rings. The molecule has 0 radical (unpaired) electrons. The summed E-state index contributed by atoms with van der Waals surface area (Å²) in [6, 6.07) is 5.15. The van der Waals surface area contributed by atoms with Crippen LogP contribution in [0, 0.1) is 0 Å². The zero-order valence-electron chi connectivity index (χ0n) is 13.3. The van der Waals surface area contributed by atoms with Crippen LogP contribution in [0.1, 0.15) is 44.4 Å². The van der Waals surface area contributed by atoms with E-state index in [0.29, 0.717) is 12.1 Å². The fourth-order valence-corrected chi connectivity index (χ4v) is 3.67. The molecule has 4 nitrogen and oxygen atoms in total. The van der Waals surface area contributed by atoms with Gasteiger partial charge in [0, 0.05) is 32.2 Å². The van der Waals surface area contributed by atoms with Crippen LogP contribution < -0.4 is 5.32 Å². The van der Waals surface area contributed by atoms with Gasteiger partial charge in [0.1, 0.15) is 5.76 Å². The van der Waals surface area contributed by atoms with Crippen LogP contribution in [0.15, 0.2) is 22.8 Å². The first kappa shape index (κ1) is 15.1. The summed E-state index contributed by atoms with van der Waals surface area (Å²) in [6.07, 6.45) is 7.31. The number of hydrogen-bond acceptors (Lipinski definition) is 4. The number of likely N-dealkylation sites (tertiary alicyclic amines) is 1. The van der Waals surface area contributed by atoms with Crippen molar-refractivity contribution in [2.45, 2.75) is 44.7 Å². The van der Waals surface area contributed by atoms with E-state index in [1.165, 1.54) is 38.8 Å². The molecule has 0 aliphatic carbocycles. The van der Waals surface area contributed by atoms with Gasteiger partial charge in [-0.2, -0.15) is 0 Å². The SMILES string of the molecule is CC1CN(C(CN2CCCCCC2)c2ccco2)CCN1. The minimum Gasteiger partial charge on any atom is -0.468 e. The highest BCUT2D eigenvalue weighted by molar-refractivity contribution is 5.06. The largest absolute Gasteiger partial charge is 0.468 e. The van der Waals surface area contributed by atoms with E-state index >= 15 is 0 Å². The molecular weight excluding hydrogens is 262 g/mol. The summed E-state index contributed by atoms with van der Waals surface area (Å²) in [6.45, 7) is 9.19. The topological polar surface area (TPSA) is 31.6 Å². The van der Waals surface area contributed by atoms with E-state index in [1.807, 2.05) is 12.3 Å². The minimum absolute atomic E-state index is 0.405. The highest BCUT2D eigenvalue weighted by Crippen LogP contribution is 2.25. The van der Waals surface area contributed by atoms with Gasteiger partial charge in [0.25, 0.3) is 0 Å². The fourth-order valence-electron chi connectivity index (χ4n) is 3.67. The molecule has 2 aliphatic rings. The summed E-state index contributed by atoms with van der Waals surface area (Å²) in [7, 11) is 0. The molecule has 2 unspecified atom stereocenters. The van der Waals surface area contributed by atoms with Gasteiger partial charge >= 0.3 is 0 Å². The van der Waals surface area contributed by atoms with Crippen LogP contribution in [0.5, 0.6) is 0 Å². The van der Waals surface area contributed by atoms with Crippen LogP contribution in [-0.2, 0) is 0 Å². The standard InChI is InChI=1S/C17H29N3O/c1-15-13-20(11-8-18-15)16(17-7-6-12-21-17)14-19-9-4-2-3-5-10-19/h6-7,12,15-16,18H,2-5,8-11,13-14H2,1H3. The molecule has 0 bridgehead atoms. The normalized spacial score (nSPS) is 27.4. The van der Waals surface area contributed by atoms with Crippen molar-refractivity contribution >= 4 is 0 Å². The molecule has 0 spiro atoms. The Balaban J connectivity index is 1.69. The summed E-state index contributed by atoms with van der Waals surface area (Å²) in [5, 5.41) is 3.54. The Labute approximate surface area is 128 Å². The van der Waals surface area contributed by atoms with Crippen LogP contribution >= 0.6 is 0 Å². The number of furan rings is 1. The van der Waals surface area contributed by atoms with Gasteiger partial charge in [0.2, 0.25) is 0 Å². The van der Waals surface area contributed by atoms with E-state index < -0.39 is 0 Å². The molecule has 0 amide bonds. The molecule has 2 fully saturated rings. The van der Waals surface area contributed by atoms with Crippen LogP contribution in [0.3, 0.4) is 0 Å². The Morgan fingerprint density at radius 2 is 2.05 bits per heavy atom. The van der Waals surface area contributed by atoms with Crippen molar-refractivity contribution in [1.29, 1.82) is 0 Å². The van der Waals surface area contributed by atoms with Crippen molar-refractivity contribution < 1.29 is 4.42 Å². The summed E-state index contributed by atoms with van der Waals surface area (Å²) in [5.41, 5.74) is 0. The van der Waals surface area contributed by atoms with E-state index in [4.69, 9.17) is 4.42 Å². The average molecular weight is 291 g/mol.